The smallest absolute Gasteiger partial charge is 0.401 e. The van der Waals surface area contributed by atoms with Crippen molar-refractivity contribution in [1.82, 2.24) is 0 Å². The van der Waals surface area contributed by atoms with Crippen LogP contribution in [-0.2, 0) is 14.1 Å². The summed E-state index contributed by atoms with van der Waals surface area (Å²) in [5.74, 6) is -0.994. The van der Waals surface area contributed by atoms with Gasteiger partial charge >= 0.3 is 15.3 Å². The van der Waals surface area contributed by atoms with E-state index in [9.17, 15) is 13.2 Å². The van der Waals surface area contributed by atoms with Gasteiger partial charge in [-0.2, -0.15) is 8.42 Å². The molecule has 0 aliphatic rings. The van der Waals surface area contributed by atoms with Crippen molar-refractivity contribution in [3.05, 3.63) is 15.3 Å². The van der Waals surface area contributed by atoms with E-state index in [0.29, 0.717) is 6.42 Å². The average Bonchev–Trinajstić information content (AvgIpc) is 2.55. The van der Waals surface area contributed by atoms with Gasteiger partial charge in [-0.25, -0.2) is 4.79 Å². The van der Waals surface area contributed by atoms with Gasteiger partial charge in [0.05, 0.1) is 22.3 Å². The maximum Gasteiger partial charge on any atom is 0.401 e. The van der Waals surface area contributed by atoms with Crippen LogP contribution < -0.4 is 4.18 Å². The first-order valence-electron chi connectivity index (χ1n) is 4.43. The maximum atomic E-state index is 11.5. The van der Waals surface area contributed by atoms with Crippen LogP contribution in [0.5, 0.6) is 5.75 Å². The van der Waals surface area contributed by atoms with Crippen molar-refractivity contribution in [3.63, 3.8) is 0 Å². The molecule has 9 heteroatoms. The Morgan fingerprint density at radius 2 is 2.18 bits per heavy atom. The van der Waals surface area contributed by atoms with Gasteiger partial charge in [0.2, 0.25) is 0 Å². The van der Waals surface area contributed by atoms with Gasteiger partial charge in [0.1, 0.15) is 0 Å². The second kappa shape index (κ2) is 5.90. The Balaban J connectivity index is 2.97. The highest BCUT2D eigenvalue weighted by molar-refractivity contribution is 8.10. The molecule has 0 aromatic carbocycles. The van der Waals surface area contributed by atoms with Gasteiger partial charge in [-0.3, -0.25) is 0 Å². The monoisotopic (exact) mass is 318 g/mol. The van der Waals surface area contributed by atoms with Crippen molar-refractivity contribution in [3.8, 4) is 5.75 Å². The molecule has 5 nitrogen and oxygen atoms in total. The van der Waals surface area contributed by atoms with Crippen LogP contribution in [0.25, 0.3) is 0 Å². The summed E-state index contributed by atoms with van der Waals surface area (Å²) >= 11 is 6.60. The van der Waals surface area contributed by atoms with Gasteiger partial charge in [0.15, 0.2) is 10.6 Å². The van der Waals surface area contributed by atoms with Gasteiger partial charge in [-0.05, 0) is 6.42 Å². The molecule has 0 atom stereocenters. The van der Waals surface area contributed by atoms with Crippen LogP contribution in [-0.4, -0.2) is 21.0 Å². The molecule has 0 saturated carbocycles. The van der Waals surface area contributed by atoms with Gasteiger partial charge in [-0.15, -0.1) is 11.3 Å². The fraction of sp³-hybridized carbons (Fsp3) is 0.375. The summed E-state index contributed by atoms with van der Waals surface area (Å²) in [5, 5.41) is 1.35. The van der Waals surface area contributed by atoms with Crippen molar-refractivity contribution in [2.24, 2.45) is 0 Å². The minimum absolute atomic E-state index is 0.0114. The van der Waals surface area contributed by atoms with Crippen LogP contribution >= 0.6 is 33.6 Å². The number of carbonyl (C=O) groups is 1. The molecular weight excluding hydrogens is 311 g/mol. The largest absolute Gasteiger partial charge is 0.461 e. The van der Waals surface area contributed by atoms with E-state index in [1.807, 2.05) is 6.92 Å². The molecule has 1 aromatic heterocycles. The van der Waals surface area contributed by atoms with E-state index in [1.54, 1.807) is 0 Å². The minimum Gasteiger partial charge on any atom is -0.461 e. The molecular formula is C8H8Cl2O5S2. The molecule has 1 aromatic rings. The Kier molecular flexibility index (Phi) is 5.05. The predicted molar refractivity (Wildman–Crippen MR) is 65.3 cm³/mol. The highest BCUT2D eigenvalue weighted by Crippen LogP contribution is 2.36. The number of carbonyl (C=O) groups excluding carboxylic acids is 1. The van der Waals surface area contributed by atoms with Crippen molar-refractivity contribution in [2.45, 2.75) is 13.3 Å². The third-order valence-electron chi connectivity index (χ3n) is 1.51. The van der Waals surface area contributed by atoms with Crippen LogP contribution in [0, 0.1) is 0 Å². The molecule has 0 aliphatic heterocycles. The summed E-state index contributed by atoms with van der Waals surface area (Å²) in [7, 11) is 0.662. The first kappa shape index (κ1) is 14.6. The van der Waals surface area contributed by atoms with E-state index < -0.39 is 15.3 Å². The number of halogens is 2. The average molecular weight is 319 g/mol. The molecule has 0 amide bonds. The minimum atomic E-state index is -4.26. The van der Waals surface area contributed by atoms with Gasteiger partial charge < -0.3 is 8.92 Å². The lowest BCUT2D eigenvalue weighted by Crippen LogP contribution is -2.08. The first-order chi connectivity index (χ1) is 7.85. The summed E-state index contributed by atoms with van der Waals surface area (Å²) < 4.78 is 30.8. The molecule has 0 spiro atoms. The topological polar surface area (TPSA) is 69.7 Å². The lowest BCUT2D eigenvalue weighted by Gasteiger charge is -2.04. The number of ether oxygens (including phenoxy) is 1. The van der Waals surface area contributed by atoms with Crippen molar-refractivity contribution in [1.29, 1.82) is 0 Å². The van der Waals surface area contributed by atoms with E-state index in [2.05, 4.69) is 4.18 Å². The molecule has 17 heavy (non-hydrogen) atoms. The number of esters is 1. The van der Waals surface area contributed by atoms with E-state index in [0.717, 1.165) is 11.3 Å². The molecule has 0 unspecified atom stereocenters. The third kappa shape index (κ3) is 4.34. The molecule has 0 radical (unpaired) electrons. The molecule has 96 valence electrons. The fourth-order valence-electron chi connectivity index (χ4n) is 0.904. The Bertz CT molecular complexity index is 508. The lowest BCUT2D eigenvalue weighted by molar-refractivity contribution is 0.0509. The molecule has 1 rings (SSSR count). The zero-order valence-electron chi connectivity index (χ0n) is 8.61. The van der Waals surface area contributed by atoms with Crippen LogP contribution in [0.15, 0.2) is 5.38 Å². The maximum absolute atomic E-state index is 11.5. The second-order valence-electron chi connectivity index (χ2n) is 2.85. The molecule has 0 bridgehead atoms. The Morgan fingerprint density at radius 1 is 1.53 bits per heavy atom. The predicted octanol–water partition coefficient (Wildman–Crippen LogP) is 2.83. The summed E-state index contributed by atoms with van der Waals surface area (Å²) in [6.45, 7) is 2.05. The summed E-state index contributed by atoms with van der Waals surface area (Å²) in [6.07, 6.45) is 0.648. The zero-order chi connectivity index (χ0) is 13.1. The standard InChI is InChI=1S/C8H8Cl2O5S2/c1-2-3-14-8(11)7-6(5(9)4-16-7)15-17(10,12)13/h4H,2-3H2,1H3. The number of thiophene rings is 1. The summed E-state index contributed by atoms with van der Waals surface area (Å²) in [5.41, 5.74) is 0. The lowest BCUT2D eigenvalue weighted by atomic mass is 10.4. The van der Waals surface area contributed by atoms with E-state index in [1.165, 1.54) is 5.38 Å². The highest BCUT2D eigenvalue weighted by atomic mass is 35.7. The fourth-order valence-corrected chi connectivity index (χ4v) is 2.63. The van der Waals surface area contributed by atoms with Gasteiger partial charge in [-0.1, -0.05) is 18.5 Å². The van der Waals surface area contributed by atoms with Crippen LogP contribution in [0.3, 0.4) is 0 Å². The Labute approximate surface area is 112 Å². The highest BCUT2D eigenvalue weighted by Gasteiger charge is 2.23. The van der Waals surface area contributed by atoms with Crippen molar-refractivity contribution >= 4 is 48.9 Å². The second-order valence-corrected chi connectivity index (χ2v) is 6.23. The molecule has 0 N–H and O–H groups in total. The van der Waals surface area contributed by atoms with Crippen LogP contribution in [0.2, 0.25) is 5.02 Å². The van der Waals surface area contributed by atoms with Crippen LogP contribution in [0.1, 0.15) is 23.0 Å². The first-order valence-corrected chi connectivity index (χ1v) is 7.92. The Hall–Kier alpha value is -0.500. The molecule has 0 fully saturated rings. The van der Waals surface area contributed by atoms with Gasteiger partial charge in [0.25, 0.3) is 0 Å². The summed E-state index contributed by atoms with van der Waals surface area (Å²) in [6, 6.07) is 0. The quantitative estimate of drug-likeness (QED) is 0.616. The zero-order valence-corrected chi connectivity index (χ0v) is 11.8. The van der Waals surface area contributed by atoms with E-state index >= 15 is 0 Å². The van der Waals surface area contributed by atoms with Crippen LogP contribution in [0.4, 0.5) is 0 Å². The number of hydrogen-bond donors (Lipinski definition) is 0. The molecule has 1 heterocycles. The Morgan fingerprint density at radius 3 is 2.71 bits per heavy atom. The number of rotatable bonds is 5. The van der Waals surface area contributed by atoms with Crippen molar-refractivity contribution < 1.29 is 22.1 Å². The number of hydrogen-bond acceptors (Lipinski definition) is 6. The van der Waals surface area contributed by atoms with E-state index in [-0.39, 0.29) is 22.3 Å². The molecule has 0 aliphatic carbocycles. The van der Waals surface area contributed by atoms with Gasteiger partial charge in [0, 0.05) is 5.38 Å². The normalized spacial score (nSPS) is 11.2. The third-order valence-corrected chi connectivity index (χ3v) is 3.42. The SMILES string of the molecule is CCCOC(=O)c1scc(Cl)c1OS(=O)(=O)Cl. The summed E-state index contributed by atoms with van der Waals surface area (Å²) in [4.78, 5) is 11.5. The van der Waals surface area contributed by atoms with Crippen molar-refractivity contribution in [2.75, 3.05) is 6.61 Å². The van der Waals surface area contributed by atoms with E-state index in [4.69, 9.17) is 27.0 Å². The molecule has 0 saturated heterocycles.